The van der Waals surface area contributed by atoms with E-state index in [-0.39, 0.29) is 16.8 Å². The minimum Gasteiger partial charge on any atom is -0.397 e. The van der Waals surface area contributed by atoms with Crippen molar-refractivity contribution in [2.75, 3.05) is 22.9 Å². The van der Waals surface area contributed by atoms with Crippen LogP contribution in [-0.2, 0) is 0 Å². The first kappa shape index (κ1) is 14.9. The van der Waals surface area contributed by atoms with Crippen LogP contribution in [0.1, 0.15) is 27.7 Å². The van der Waals surface area contributed by atoms with Crippen molar-refractivity contribution in [1.82, 2.24) is 0 Å². The predicted octanol–water partition coefficient (Wildman–Crippen LogP) is 3.51. The molecule has 0 spiro atoms. The van der Waals surface area contributed by atoms with Crippen molar-refractivity contribution in [2.45, 2.75) is 33.7 Å². The number of benzene rings is 1. The van der Waals surface area contributed by atoms with Crippen molar-refractivity contribution >= 4 is 28.7 Å². The first-order valence-electron chi connectivity index (χ1n) is 6.05. The standard InChI is InChI=1S/C13H21ClFN3/c1-7(2)6-18(8(3)4)13-10(17)5-9(16)11(14)12(13)15/h5,7-8H,6,16-17H2,1-4H3. The Hall–Kier alpha value is -1.16. The first-order valence-corrected chi connectivity index (χ1v) is 6.43. The maximum Gasteiger partial charge on any atom is 0.169 e. The van der Waals surface area contributed by atoms with Crippen molar-refractivity contribution in [3.05, 3.63) is 16.9 Å². The Balaban J connectivity index is 3.32. The Labute approximate surface area is 113 Å². The van der Waals surface area contributed by atoms with Gasteiger partial charge in [-0.1, -0.05) is 25.4 Å². The Morgan fingerprint density at radius 3 is 2.22 bits per heavy atom. The lowest BCUT2D eigenvalue weighted by Gasteiger charge is -2.32. The third kappa shape index (κ3) is 2.99. The molecule has 5 heteroatoms. The highest BCUT2D eigenvalue weighted by Gasteiger charge is 2.22. The van der Waals surface area contributed by atoms with Gasteiger partial charge in [0.2, 0.25) is 0 Å². The van der Waals surface area contributed by atoms with E-state index in [1.54, 1.807) is 0 Å². The molecular formula is C13H21ClFN3. The Morgan fingerprint density at radius 1 is 1.22 bits per heavy atom. The molecule has 1 aromatic rings. The Kier molecular flexibility index (Phi) is 4.68. The second-order valence-corrected chi connectivity index (χ2v) is 5.55. The van der Waals surface area contributed by atoms with Gasteiger partial charge in [0.1, 0.15) is 5.02 Å². The van der Waals surface area contributed by atoms with Crippen LogP contribution in [-0.4, -0.2) is 12.6 Å². The number of nitrogens with zero attached hydrogens (tertiary/aromatic N) is 1. The third-order valence-corrected chi connectivity index (χ3v) is 3.10. The zero-order chi connectivity index (χ0) is 14.0. The molecule has 0 amide bonds. The number of rotatable bonds is 4. The molecule has 0 saturated carbocycles. The number of hydrogen-bond donors (Lipinski definition) is 2. The maximum atomic E-state index is 14.3. The predicted molar refractivity (Wildman–Crippen MR) is 77.6 cm³/mol. The molecule has 0 radical (unpaired) electrons. The fraction of sp³-hybridized carbons (Fsp3) is 0.538. The van der Waals surface area contributed by atoms with E-state index < -0.39 is 5.82 Å². The number of anilines is 3. The molecule has 0 atom stereocenters. The zero-order valence-electron chi connectivity index (χ0n) is 11.3. The van der Waals surface area contributed by atoms with Gasteiger partial charge in [0.15, 0.2) is 5.82 Å². The normalized spacial score (nSPS) is 11.3. The van der Waals surface area contributed by atoms with Crippen molar-refractivity contribution in [3.63, 3.8) is 0 Å². The van der Waals surface area contributed by atoms with E-state index >= 15 is 0 Å². The van der Waals surface area contributed by atoms with Crippen LogP contribution in [0.2, 0.25) is 5.02 Å². The van der Waals surface area contributed by atoms with Crippen LogP contribution >= 0.6 is 11.6 Å². The molecule has 0 aromatic heterocycles. The quantitative estimate of drug-likeness (QED) is 0.826. The zero-order valence-corrected chi connectivity index (χ0v) is 12.1. The van der Waals surface area contributed by atoms with Gasteiger partial charge in [0.25, 0.3) is 0 Å². The minimum absolute atomic E-state index is 0.0615. The molecule has 0 heterocycles. The highest BCUT2D eigenvalue weighted by molar-refractivity contribution is 6.33. The second kappa shape index (κ2) is 5.65. The fourth-order valence-corrected chi connectivity index (χ4v) is 2.05. The van der Waals surface area contributed by atoms with Gasteiger partial charge in [0, 0.05) is 12.6 Å². The van der Waals surface area contributed by atoms with Crippen LogP contribution in [0.15, 0.2) is 6.07 Å². The SMILES string of the molecule is CC(C)CN(c1c(N)cc(N)c(Cl)c1F)C(C)C. The molecule has 0 bridgehead atoms. The van der Waals surface area contributed by atoms with E-state index in [0.717, 1.165) is 0 Å². The summed E-state index contributed by atoms with van der Waals surface area (Å²) in [6.07, 6.45) is 0. The largest absolute Gasteiger partial charge is 0.397 e. The van der Waals surface area contributed by atoms with E-state index in [4.69, 9.17) is 23.1 Å². The topological polar surface area (TPSA) is 55.3 Å². The van der Waals surface area contributed by atoms with Gasteiger partial charge < -0.3 is 16.4 Å². The molecule has 1 aromatic carbocycles. The number of hydrogen-bond acceptors (Lipinski definition) is 3. The van der Waals surface area contributed by atoms with Crippen LogP contribution in [0, 0.1) is 11.7 Å². The smallest absolute Gasteiger partial charge is 0.169 e. The Bertz CT molecular complexity index is 433. The lowest BCUT2D eigenvalue weighted by Crippen LogP contribution is -2.35. The summed E-state index contributed by atoms with van der Waals surface area (Å²) in [7, 11) is 0. The second-order valence-electron chi connectivity index (χ2n) is 5.17. The minimum atomic E-state index is -0.538. The van der Waals surface area contributed by atoms with Crippen molar-refractivity contribution in [3.8, 4) is 0 Å². The summed E-state index contributed by atoms with van der Waals surface area (Å²) in [5, 5.41) is -0.0615. The summed E-state index contributed by atoms with van der Waals surface area (Å²) >= 11 is 5.86. The molecule has 4 N–H and O–H groups in total. The van der Waals surface area contributed by atoms with Gasteiger partial charge in [-0.15, -0.1) is 0 Å². The van der Waals surface area contributed by atoms with E-state index in [1.807, 2.05) is 18.7 Å². The summed E-state index contributed by atoms with van der Waals surface area (Å²) < 4.78 is 14.3. The third-order valence-electron chi connectivity index (χ3n) is 2.71. The number of nitrogens with two attached hydrogens (primary N) is 2. The van der Waals surface area contributed by atoms with Crippen molar-refractivity contribution in [1.29, 1.82) is 0 Å². The molecule has 0 aliphatic rings. The van der Waals surface area contributed by atoms with Gasteiger partial charge in [0.05, 0.1) is 17.1 Å². The van der Waals surface area contributed by atoms with Crippen LogP contribution in [0.4, 0.5) is 21.5 Å². The summed E-state index contributed by atoms with van der Waals surface area (Å²) in [5.74, 6) is -0.147. The monoisotopic (exact) mass is 273 g/mol. The molecule has 1 rings (SSSR count). The molecule has 0 aliphatic carbocycles. The van der Waals surface area contributed by atoms with Crippen molar-refractivity contribution in [2.24, 2.45) is 5.92 Å². The van der Waals surface area contributed by atoms with Crippen LogP contribution < -0.4 is 16.4 Å². The van der Waals surface area contributed by atoms with E-state index in [9.17, 15) is 4.39 Å². The lowest BCUT2D eigenvalue weighted by atomic mass is 10.1. The summed E-state index contributed by atoms with van der Waals surface area (Å²) in [6.45, 7) is 8.83. The lowest BCUT2D eigenvalue weighted by molar-refractivity contribution is 0.551. The molecule has 3 nitrogen and oxygen atoms in total. The van der Waals surface area contributed by atoms with E-state index in [2.05, 4.69) is 13.8 Å². The molecular weight excluding hydrogens is 253 g/mol. The highest BCUT2D eigenvalue weighted by Crippen LogP contribution is 2.37. The molecule has 0 aliphatic heterocycles. The van der Waals surface area contributed by atoms with Gasteiger partial charge >= 0.3 is 0 Å². The highest BCUT2D eigenvalue weighted by atomic mass is 35.5. The number of nitrogen functional groups attached to an aromatic ring is 2. The van der Waals surface area contributed by atoms with Gasteiger partial charge in [-0.3, -0.25) is 0 Å². The van der Waals surface area contributed by atoms with Gasteiger partial charge in [-0.25, -0.2) is 4.39 Å². The van der Waals surface area contributed by atoms with Gasteiger partial charge in [-0.05, 0) is 25.8 Å². The first-order chi connectivity index (χ1) is 8.25. The average molecular weight is 274 g/mol. The van der Waals surface area contributed by atoms with Crippen molar-refractivity contribution < 1.29 is 4.39 Å². The summed E-state index contributed by atoms with van der Waals surface area (Å²) in [5.41, 5.74) is 12.3. The van der Waals surface area contributed by atoms with Crippen LogP contribution in [0.25, 0.3) is 0 Å². The average Bonchev–Trinajstić information content (AvgIpc) is 2.24. The van der Waals surface area contributed by atoms with Crippen LogP contribution in [0.3, 0.4) is 0 Å². The molecule has 0 fully saturated rings. The summed E-state index contributed by atoms with van der Waals surface area (Å²) in [4.78, 5) is 1.92. The van der Waals surface area contributed by atoms with Crippen LogP contribution in [0.5, 0.6) is 0 Å². The Morgan fingerprint density at radius 2 is 1.78 bits per heavy atom. The van der Waals surface area contributed by atoms with E-state index in [1.165, 1.54) is 6.07 Å². The molecule has 0 unspecified atom stereocenters. The maximum absolute atomic E-state index is 14.3. The summed E-state index contributed by atoms with van der Waals surface area (Å²) in [6, 6.07) is 1.64. The number of halogens is 2. The molecule has 102 valence electrons. The van der Waals surface area contributed by atoms with E-state index in [0.29, 0.717) is 23.8 Å². The van der Waals surface area contributed by atoms with Gasteiger partial charge in [-0.2, -0.15) is 0 Å². The molecule has 0 saturated heterocycles. The molecule has 18 heavy (non-hydrogen) atoms. The fourth-order valence-electron chi connectivity index (χ4n) is 1.90.